The molecule has 0 unspecified atom stereocenters. The molecule has 1 saturated heterocycles. The SMILES string of the molecule is Cc1nnc(CCN2CCN(S(=O)(=O)CCCc3ccccc3)CC2)o1. The van der Waals surface area contributed by atoms with Gasteiger partial charge in [0.25, 0.3) is 0 Å². The fourth-order valence-corrected chi connectivity index (χ4v) is 4.64. The van der Waals surface area contributed by atoms with Crippen LogP contribution in [0.3, 0.4) is 0 Å². The molecular weight excluding hydrogens is 352 g/mol. The van der Waals surface area contributed by atoms with Crippen LogP contribution in [0.5, 0.6) is 0 Å². The summed E-state index contributed by atoms with van der Waals surface area (Å²) in [4.78, 5) is 2.25. The number of aromatic nitrogens is 2. The molecule has 26 heavy (non-hydrogen) atoms. The summed E-state index contributed by atoms with van der Waals surface area (Å²) in [5.74, 6) is 1.42. The zero-order chi connectivity index (χ0) is 18.4. The number of sulfonamides is 1. The quantitative estimate of drug-likeness (QED) is 0.693. The van der Waals surface area contributed by atoms with Crippen LogP contribution in [0, 0.1) is 6.92 Å². The van der Waals surface area contributed by atoms with Crippen LogP contribution in [-0.2, 0) is 22.9 Å². The minimum atomic E-state index is -3.17. The van der Waals surface area contributed by atoms with Crippen LogP contribution in [0.25, 0.3) is 0 Å². The van der Waals surface area contributed by atoms with Gasteiger partial charge in [-0.15, -0.1) is 10.2 Å². The number of hydrogen-bond acceptors (Lipinski definition) is 6. The first-order valence-corrected chi connectivity index (χ1v) is 10.7. The average molecular weight is 378 g/mol. The van der Waals surface area contributed by atoms with Gasteiger partial charge in [0, 0.05) is 46.1 Å². The molecule has 0 aliphatic carbocycles. The van der Waals surface area contributed by atoms with Crippen LogP contribution in [0.1, 0.15) is 23.8 Å². The lowest BCUT2D eigenvalue weighted by Crippen LogP contribution is -2.49. The Morgan fingerprint density at radius 1 is 1.04 bits per heavy atom. The minimum Gasteiger partial charge on any atom is -0.426 e. The Morgan fingerprint density at radius 2 is 1.77 bits per heavy atom. The monoisotopic (exact) mass is 378 g/mol. The standard InChI is InChI=1S/C18H26N4O3S/c1-16-19-20-18(25-16)9-10-21-11-13-22(14-12-21)26(23,24)15-5-8-17-6-3-2-4-7-17/h2-4,6-7H,5,8-15H2,1H3. The van der Waals surface area contributed by atoms with E-state index in [1.807, 2.05) is 30.3 Å². The Kier molecular flexibility index (Phi) is 6.39. The van der Waals surface area contributed by atoms with Gasteiger partial charge in [0.15, 0.2) is 0 Å². The number of rotatable bonds is 8. The Bertz CT molecular complexity index is 784. The molecule has 1 aliphatic heterocycles. The van der Waals surface area contributed by atoms with Gasteiger partial charge in [0.2, 0.25) is 21.8 Å². The van der Waals surface area contributed by atoms with Gasteiger partial charge >= 0.3 is 0 Å². The lowest BCUT2D eigenvalue weighted by molar-refractivity contribution is 0.186. The van der Waals surface area contributed by atoms with Gasteiger partial charge in [-0.05, 0) is 18.4 Å². The van der Waals surface area contributed by atoms with Crippen molar-refractivity contribution < 1.29 is 12.8 Å². The third-order valence-corrected chi connectivity index (χ3v) is 6.60. The maximum atomic E-state index is 12.5. The third-order valence-electron chi connectivity index (χ3n) is 4.64. The zero-order valence-corrected chi connectivity index (χ0v) is 16.0. The number of benzene rings is 1. The molecule has 0 spiro atoms. The maximum Gasteiger partial charge on any atom is 0.217 e. The van der Waals surface area contributed by atoms with E-state index in [2.05, 4.69) is 15.1 Å². The van der Waals surface area contributed by atoms with E-state index in [0.717, 1.165) is 26.1 Å². The van der Waals surface area contributed by atoms with Crippen molar-refractivity contribution in [3.8, 4) is 0 Å². The molecule has 2 heterocycles. The van der Waals surface area contributed by atoms with Crippen LogP contribution >= 0.6 is 0 Å². The van der Waals surface area contributed by atoms with Gasteiger partial charge in [-0.25, -0.2) is 8.42 Å². The predicted molar refractivity (Wildman–Crippen MR) is 99.3 cm³/mol. The van der Waals surface area contributed by atoms with E-state index in [4.69, 9.17) is 4.42 Å². The van der Waals surface area contributed by atoms with E-state index in [9.17, 15) is 8.42 Å². The Hall–Kier alpha value is -1.77. The summed E-state index contributed by atoms with van der Waals surface area (Å²) in [6, 6.07) is 10.0. The maximum absolute atomic E-state index is 12.5. The van der Waals surface area contributed by atoms with Crippen molar-refractivity contribution in [2.24, 2.45) is 0 Å². The topological polar surface area (TPSA) is 79.5 Å². The minimum absolute atomic E-state index is 0.211. The zero-order valence-electron chi connectivity index (χ0n) is 15.2. The average Bonchev–Trinajstić information content (AvgIpc) is 3.06. The first-order chi connectivity index (χ1) is 12.5. The van der Waals surface area contributed by atoms with Gasteiger partial charge < -0.3 is 9.32 Å². The first-order valence-electron chi connectivity index (χ1n) is 9.06. The second kappa shape index (κ2) is 8.75. The Morgan fingerprint density at radius 3 is 2.42 bits per heavy atom. The van der Waals surface area contributed by atoms with Gasteiger partial charge in [0.05, 0.1) is 5.75 Å². The van der Waals surface area contributed by atoms with Crippen LogP contribution in [-0.4, -0.2) is 66.3 Å². The second-order valence-electron chi connectivity index (χ2n) is 6.61. The van der Waals surface area contributed by atoms with E-state index in [1.165, 1.54) is 5.56 Å². The highest BCUT2D eigenvalue weighted by atomic mass is 32.2. The smallest absolute Gasteiger partial charge is 0.217 e. The molecule has 2 aromatic rings. The highest BCUT2D eigenvalue weighted by Gasteiger charge is 2.26. The number of piperazine rings is 1. The van der Waals surface area contributed by atoms with Crippen molar-refractivity contribution in [2.45, 2.75) is 26.2 Å². The van der Waals surface area contributed by atoms with E-state index >= 15 is 0 Å². The molecule has 0 saturated carbocycles. The van der Waals surface area contributed by atoms with Gasteiger partial charge in [-0.3, -0.25) is 0 Å². The summed E-state index contributed by atoms with van der Waals surface area (Å²) in [6.07, 6.45) is 2.15. The van der Waals surface area contributed by atoms with Crippen molar-refractivity contribution >= 4 is 10.0 Å². The second-order valence-corrected chi connectivity index (χ2v) is 8.70. The lowest BCUT2D eigenvalue weighted by Gasteiger charge is -2.33. The highest BCUT2D eigenvalue weighted by molar-refractivity contribution is 7.89. The molecule has 0 amide bonds. The molecule has 0 N–H and O–H groups in total. The normalized spacial score (nSPS) is 16.8. The summed E-state index contributed by atoms with van der Waals surface area (Å²) >= 11 is 0. The largest absolute Gasteiger partial charge is 0.426 e. The van der Waals surface area contributed by atoms with Gasteiger partial charge in [-0.1, -0.05) is 30.3 Å². The Balaban J connectivity index is 1.40. The lowest BCUT2D eigenvalue weighted by atomic mass is 10.1. The van der Waals surface area contributed by atoms with Crippen molar-refractivity contribution in [1.82, 2.24) is 19.4 Å². The molecule has 0 atom stereocenters. The summed E-state index contributed by atoms with van der Waals surface area (Å²) < 4.78 is 32.1. The van der Waals surface area contributed by atoms with Crippen molar-refractivity contribution in [2.75, 3.05) is 38.5 Å². The molecule has 8 heteroatoms. The Labute approximate surface area is 155 Å². The molecule has 1 aliphatic rings. The summed E-state index contributed by atoms with van der Waals surface area (Å²) in [7, 11) is -3.17. The highest BCUT2D eigenvalue weighted by Crippen LogP contribution is 2.12. The van der Waals surface area contributed by atoms with E-state index < -0.39 is 10.0 Å². The van der Waals surface area contributed by atoms with Crippen LogP contribution in [0.15, 0.2) is 34.7 Å². The molecule has 1 fully saturated rings. The summed E-state index contributed by atoms with van der Waals surface area (Å²) in [5, 5.41) is 7.82. The van der Waals surface area contributed by atoms with E-state index in [0.29, 0.717) is 37.7 Å². The fourth-order valence-electron chi connectivity index (χ4n) is 3.16. The predicted octanol–water partition coefficient (Wildman–Crippen LogP) is 1.50. The van der Waals surface area contributed by atoms with Gasteiger partial charge in [-0.2, -0.15) is 4.31 Å². The molecule has 3 rings (SSSR count). The molecule has 1 aromatic heterocycles. The van der Waals surface area contributed by atoms with Crippen molar-refractivity contribution in [3.05, 3.63) is 47.7 Å². The van der Waals surface area contributed by atoms with E-state index in [1.54, 1.807) is 11.2 Å². The molecule has 0 radical (unpaired) electrons. The number of aryl methyl sites for hydroxylation is 2. The molecule has 0 bridgehead atoms. The summed E-state index contributed by atoms with van der Waals surface area (Å²) in [5.41, 5.74) is 1.18. The number of nitrogens with zero attached hydrogens (tertiary/aromatic N) is 4. The molecule has 142 valence electrons. The third kappa shape index (κ3) is 5.36. The van der Waals surface area contributed by atoms with Crippen molar-refractivity contribution in [3.63, 3.8) is 0 Å². The number of hydrogen-bond donors (Lipinski definition) is 0. The molecule has 7 nitrogen and oxygen atoms in total. The van der Waals surface area contributed by atoms with Crippen LogP contribution in [0.2, 0.25) is 0 Å². The van der Waals surface area contributed by atoms with Gasteiger partial charge in [0.1, 0.15) is 0 Å². The first kappa shape index (κ1) is 19.0. The van der Waals surface area contributed by atoms with E-state index in [-0.39, 0.29) is 5.75 Å². The summed E-state index contributed by atoms with van der Waals surface area (Å²) in [6.45, 7) is 5.17. The van der Waals surface area contributed by atoms with Crippen molar-refractivity contribution in [1.29, 1.82) is 0 Å². The molecular formula is C18H26N4O3S. The van der Waals surface area contributed by atoms with Crippen LogP contribution < -0.4 is 0 Å². The van der Waals surface area contributed by atoms with Crippen LogP contribution in [0.4, 0.5) is 0 Å². The fraction of sp³-hybridized carbons (Fsp3) is 0.556. The molecule has 1 aromatic carbocycles.